The Morgan fingerprint density at radius 1 is 1.12 bits per heavy atom. The molecule has 178 valence electrons. The lowest BCUT2D eigenvalue weighted by Gasteiger charge is -2.36. The number of hydrogen-bond acceptors (Lipinski definition) is 4. The predicted molar refractivity (Wildman–Crippen MR) is 132 cm³/mol. The molecule has 0 bridgehead atoms. The second-order valence-electron chi connectivity index (χ2n) is 10.2. The number of carbonyl (C=O) groups excluding carboxylic acids is 1. The minimum atomic E-state index is -1.28. The van der Waals surface area contributed by atoms with E-state index >= 15 is 4.39 Å². The quantitative estimate of drug-likeness (QED) is 0.641. The summed E-state index contributed by atoms with van der Waals surface area (Å²) in [7, 11) is 0. The summed E-state index contributed by atoms with van der Waals surface area (Å²) >= 11 is 0. The number of anilines is 1. The Labute approximate surface area is 199 Å². The molecule has 2 aromatic heterocycles. The zero-order valence-corrected chi connectivity index (χ0v) is 19.7. The fourth-order valence-electron chi connectivity index (χ4n) is 5.57. The van der Waals surface area contributed by atoms with Crippen molar-refractivity contribution in [2.75, 3.05) is 44.2 Å². The highest BCUT2D eigenvalue weighted by Crippen LogP contribution is 2.39. The number of rotatable bonds is 4. The first-order chi connectivity index (χ1) is 16.5. The molecule has 3 aliphatic rings. The van der Waals surface area contributed by atoms with Gasteiger partial charge in [-0.1, -0.05) is 31.2 Å². The van der Waals surface area contributed by atoms with Gasteiger partial charge in [0.15, 0.2) is 0 Å². The topological polar surface area (TPSA) is 52.9 Å². The van der Waals surface area contributed by atoms with E-state index in [4.69, 9.17) is 0 Å². The lowest BCUT2D eigenvalue weighted by atomic mass is 9.87. The molecule has 1 aromatic carbocycles. The second-order valence-corrected chi connectivity index (χ2v) is 10.2. The van der Waals surface area contributed by atoms with Crippen LogP contribution in [0.4, 0.5) is 10.1 Å². The van der Waals surface area contributed by atoms with Crippen molar-refractivity contribution in [2.24, 2.45) is 11.8 Å². The van der Waals surface area contributed by atoms with Crippen LogP contribution < -0.4 is 10.2 Å². The Kier molecular flexibility index (Phi) is 5.32. The van der Waals surface area contributed by atoms with E-state index in [-0.39, 0.29) is 5.92 Å². The van der Waals surface area contributed by atoms with E-state index in [1.165, 1.54) is 0 Å². The fraction of sp³-hybridized carbons (Fsp3) is 0.481. The van der Waals surface area contributed by atoms with E-state index in [2.05, 4.69) is 34.4 Å². The van der Waals surface area contributed by atoms with E-state index < -0.39 is 5.67 Å². The van der Waals surface area contributed by atoms with E-state index in [1.807, 2.05) is 46.1 Å². The summed E-state index contributed by atoms with van der Waals surface area (Å²) < 4.78 is 17.2. The number of carbonyl (C=O) groups is 1. The summed E-state index contributed by atoms with van der Waals surface area (Å²) in [6, 6.07) is 12.1. The van der Waals surface area contributed by atoms with Crippen LogP contribution in [0.5, 0.6) is 0 Å². The number of piperidine rings is 1. The van der Waals surface area contributed by atoms with Crippen LogP contribution in [0.3, 0.4) is 0 Å². The van der Waals surface area contributed by atoms with Crippen LogP contribution in [0.1, 0.15) is 31.7 Å². The molecule has 3 fully saturated rings. The Bertz CT molecular complexity index is 1190. The number of nitrogens with zero attached hydrogens (tertiary/aromatic N) is 4. The SMILES string of the molecule is C[C@@H]1C[C@H]1C(=O)N1CCN(c2ccnn3cc(-c4ccc([C@]5(F)CCCNC5)cc4)cc23)CC1. The van der Waals surface area contributed by atoms with Crippen molar-refractivity contribution in [1.82, 2.24) is 19.8 Å². The average Bonchev–Trinajstić information content (AvgIpc) is 3.44. The number of nitrogens with one attached hydrogen (secondary N) is 1. The molecule has 2 saturated heterocycles. The van der Waals surface area contributed by atoms with Crippen molar-refractivity contribution in [3.05, 3.63) is 54.4 Å². The third-order valence-electron chi connectivity index (χ3n) is 7.91. The molecule has 0 unspecified atom stereocenters. The van der Waals surface area contributed by atoms with Gasteiger partial charge < -0.3 is 15.1 Å². The largest absolute Gasteiger partial charge is 0.366 e. The molecule has 2 aliphatic heterocycles. The molecule has 34 heavy (non-hydrogen) atoms. The molecule has 1 aliphatic carbocycles. The van der Waals surface area contributed by atoms with Crippen LogP contribution in [-0.4, -0.2) is 59.7 Å². The summed E-state index contributed by atoms with van der Waals surface area (Å²) in [6.45, 7) is 6.63. The molecule has 1 saturated carbocycles. The first-order valence-electron chi connectivity index (χ1n) is 12.5. The smallest absolute Gasteiger partial charge is 0.226 e. The third-order valence-corrected chi connectivity index (χ3v) is 7.91. The summed E-state index contributed by atoms with van der Waals surface area (Å²) in [5.41, 5.74) is 3.78. The predicted octanol–water partition coefficient (Wildman–Crippen LogP) is 3.85. The third kappa shape index (κ3) is 3.86. The standard InChI is InChI=1S/C27H32FN5O/c1-19-15-23(19)26(34)32-13-11-31(12-14-32)24-7-10-30-33-17-21(16-25(24)33)20-3-5-22(6-4-20)27(28)8-2-9-29-18-27/h3-7,10,16-17,19,23,29H,2,8-9,11-15,18H2,1H3/t19-,23-,27+/m1/s1. The van der Waals surface area contributed by atoms with Gasteiger partial charge >= 0.3 is 0 Å². The number of alkyl halides is 1. The number of halogens is 1. The highest BCUT2D eigenvalue weighted by Gasteiger charge is 2.42. The highest BCUT2D eigenvalue weighted by molar-refractivity contribution is 5.83. The van der Waals surface area contributed by atoms with E-state index in [0.717, 1.165) is 73.5 Å². The number of hydrogen-bond donors (Lipinski definition) is 1. The van der Waals surface area contributed by atoms with Crippen molar-refractivity contribution in [2.45, 2.75) is 31.9 Å². The van der Waals surface area contributed by atoms with Crippen LogP contribution >= 0.6 is 0 Å². The summed E-state index contributed by atoms with van der Waals surface area (Å²) in [6.07, 6.45) is 6.35. The molecule has 0 radical (unpaired) electrons. The normalized spacial score (nSPS) is 27.2. The first-order valence-corrected chi connectivity index (χ1v) is 12.5. The van der Waals surface area contributed by atoms with Crippen LogP contribution in [-0.2, 0) is 10.5 Å². The van der Waals surface area contributed by atoms with E-state index in [1.54, 1.807) is 0 Å². The summed E-state index contributed by atoms with van der Waals surface area (Å²) in [5.74, 6) is 1.13. The Morgan fingerprint density at radius 3 is 2.56 bits per heavy atom. The monoisotopic (exact) mass is 461 g/mol. The minimum Gasteiger partial charge on any atom is -0.366 e. The van der Waals surface area contributed by atoms with Crippen LogP contribution in [0.25, 0.3) is 16.6 Å². The molecule has 6 nitrogen and oxygen atoms in total. The molecule has 0 spiro atoms. The number of amides is 1. The van der Waals surface area contributed by atoms with Gasteiger partial charge in [0, 0.05) is 56.6 Å². The maximum Gasteiger partial charge on any atom is 0.226 e. The van der Waals surface area contributed by atoms with Crippen molar-refractivity contribution < 1.29 is 9.18 Å². The number of aromatic nitrogens is 2. The van der Waals surface area contributed by atoms with Gasteiger partial charge in [0.05, 0.1) is 11.2 Å². The van der Waals surface area contributed by atoms with Crippen molar-refractivity contribution in [1.29, 1.82) is 0 Å². The van der Waals surface area contributed by atoms with Crippen LogP contribution in [0, 0.1) is 11.8 Å². The van der Waals surface area contributed by atoms with Crippen molar-refractivity contribution in [3.63, 3.8) is 0 Å². The zero-order valence-electron chi connectivity index (χ0n) is 19.7. The number of fused-ring (bicyclic) bond motifs is 1. The molecular weight excluding hydrogens is 429 g/mol. The maximum atomic E-state index is 15.3. The molecule has 3 atom stereocenters. The number of piperazine rings is 1. The molecule has 3 aromatic rings. The fourth-order valence-corrected chi connectivity index (χ4v) is 5.57. The maximum absolute atomic E-state index is 15.3. The van der Waals surface area contributed by atoms with Crippen LogP contribution in [0.2, 0.25) is 0 Å². The van der Waals surface area contributed by atoms with Crippen LogP contribution in [0.15, 0.2) is 48.8 Å². The second kappa shape index (κ2) is 8.38. The van der Waals surface area contributed by atoms with Gasteiger partial charge in [0.25, 0.3) is 0 Å². The van der Waals surface area contributed by atoms with Gasteiger partial charge in [0.1, 0.15) is 5.67 Å². The molecule has 1 N–H and O–H groups in total. The Morgan fingerprint density at radius 2 is 1.88 bits per heavy atom. The van der Waals surface area contributed by atoms with Gasteiger partial charge in [-0.15, -0.1) is 0 Å². The van der Waals surface area contributed by atoms with Gasteiger partial charge in [-0.05, 0) is 55.0 Å². The molecule has 4 heterocycles. The Hall–Kier alpha value is -2.93. The van der Waals surface area contributed by atoms with E-state index in [9.17, 15) is 4.79 Å². The molecular formula is C27H32FN5O. The molecule has 7 heteroatoms. The van der Waals surface area contributed by atoms with Gasteiger partial charge in [-0.25, -0.2) is 8.91 Å². The highest BCUT2D eigenvalue weighted by atomic mass is 19.1. The Balaban J connectivity index is 1.21. The lowest BCUT2D eigenvalue weighted by molar-refractivity contribution is -0.133. The molecule has 1 amide bonds. The van der Waals surface area contributed by atoms with Gasteiger partial charge in [0.2, 0.25) is 5.91 Å². The van der Waals surface area contributed by atoms with E-state index in [0.29, 0.717) is 24.8 Å². The van der Waals surface area contributed by atoms with Crippen molar-refractivity contribution >= 4 is 17.1 Å². The summed E-state index contributed by atoms with van der Waals surface area (Å²) in [5, 5.41) is 7.71. The zero-order chi connectivity index (χ0) is 23.3. The minimum absolute atomic E-state index is 0.250. The molecule has 6 rings (SSSR count). The summed E-state index contributed by atoms with van der Waals surface area (Å²) in [4.78, 5) is 17.0. The van der Waals surface area contributed by atoms with Gasteiger partial charge in [-0.3, -0.25) is 4.79 Å². The van der Waals surface area contributed by atoms with Gasteiger partial charge in [-0.2, -0.15) is 5.10 Å². The van der Waals surface area contributed by atoms with Crippen molar-refractivity contribution in [3.8, 4) is 11.1 Å². The lowest BCUT2D eigenvalue weighted by Crippen LogP contribution is -2.49. The number of benzene rings is 1. The average molecular weight is 462 g/mol. The first kappa shape index (κ1) is 21.6.